The Kier molecular flexibility index (Phi) is 7.28. The second-order valence-corrected chi connectivity index (χ2v) is 8.11. The highest BCUT2D eigenvalue weighted by Crippen LogP contribution is 2.25. The molecule has 1 atom stereocenters. The van der Waals surface area contributed by atoms with Crippen LogP contribution in [0.3, 0.4) is 0 Å². The van der Waals surface area contributed by atoms with E-state index in [1.165, 1.54) is 7.11 Å². The number of ether oxygens (including phenoxy) is 2. The van der Waals surface area contributed by atoms with Crippen molar-refractivity contribution in [1.82, 2.24) is 5.32 Å². The monoisotopic (exact) mass is 406 g/mol. The summed E-state index contributed by atoms with van der Waals surface area (Å²) in [5.74, 6) is 0.970. The maximum Gasteiger partial charge on any atom is 0.244 e. The molecule has 0 saturated carbocycles. The Balaban J connectivity index is 2.20. The van der Waals surface area contributed by atoms with Gasteiger partial charge in [-0.05, 0) is 48.4 Å². The van der Waals surface area contributed by atoms with Crippen LogP contribution in [0.15, 0.2) is 48.5 Å². The molecule has 28 heavy (non-hydrogen) atoms. The molecule has 0 saturated heterocycles. The van der Waals surface area contributed by atoms with Crippen LogP contribution in [0.1, 0.15) is 18.9 Å². The number of hydrogen-bond donors (Lipinski definition) is 1. The van der Waals surface area contributed by atoms with Crippen molar-refractivity contribution in [3.63, 3.8) is 0 Å². The average Bonchev–Trinajstić information content (AvgIpc) is 2.69. The first-order valence-electron chi connectivity index (χ1n) is 8.84. The summed E-state index contributed by atoms with van der Waals surface area (Å²) >= 11 is 0. The van der Waals surface area contributed by atoms with E-state index in [2.05, 4.69) is 5.32 Å². The lowest BCUT2D eigenvalue weighted by Gasteiger charge is -2.30. The topological polar surface area (TPSA) is 84.9 Å². The zero-order valence-electron chi connectivity index (χ0n) is 16.5. The molecule has 0 aliphatic carbocycles. The van der Waals surface area contributed by atoms with Gasteiger partial charge in [0.2, 0.25) is 15.9 Å². The van der Waals surface area contributed by atoms with Gasteiger partial charge in [0, 0.05) is 6.54 Å². The van der Waals surface area contributed by atoms with Crippen molar-refractivity contribution in [3.8, 4) is 11.5 Å². The molecule has 2 rings (SSSR count). The quantitative estimate of drug-likeness (QED) is 0.692. The highest BCUT2D eigenvalue weighted by Gasteiger charge is 2.31. The van der Waals surface area contributed by atoms with Crippen LogP contribution in [-0.2, 0) is 21.4 Å². The van der Waals surface area contributed by atoms with E-state index in [9.17, 15) is 13.2 Å². The van der Waals surface area contributed by atoms with Gasteiger partial charge >= 0.3 is 0 Å². The van der Waals surface area contributed by atoms with E-state index < -0.39 is 16.1 Å². The predicted molar refractivity (Wildman–Crippen MR) is 109 cm³/mol. The highest BCUT2D eigenvalue weighted by atomic mass is 32.2. The number of hydrogen-bond acceptors (Lipinski definition) is 5. The summed E-state index contributed by atoms with van der Waals surface area (Å²) in [5.41, 5.74) is 1.30. The Morgan fingerprint density at radius 1 is 1.00 bits per heavy atom. The van der Waals surface area contributed by atoms with Crippen molar-refractivity contribution >= 4 is 21.6 Å². The Hall–Kier alpha value is -2.74. The van der Waals surface area contributed by atoms with Gasteiger partial charge < -0.3 is 14.8 Å². The van der Waals surface area contributed by atoms with E-state index in [0.717, 1.165) is 21.9 Å². The third-order valence-corrected chi connectivity index (χ3v) is 5.46. The first-order valence-corrected chi connectivity index (χ1v) is 10.7. The van der Waals surface area contributed by atoms with Crippen LogP contribution < -0.4 is 19.1 Å². The standard InChI is InChI=1S/C20H26N2O5S/c1-5-19(20(23)21-14-15-6-10-17(26-2)11-7-15)22(28(4,24)25)16-8-12-18(27-3)13-9-16/h6-13,19H,5,14H2,1-4H3,(H,21,23)/t19-/m1/s1. The lowest BCUT2D eigenvalue weighted by atomic mass is 10.1. The molecule has 0 radical (unpaired) electrons. The summed E-state index contributed by atoms with van der Waals surface area (Å²) in [6.45, 7) is 2.07. The fourth-order valence-electron chi connectivity index (χ4n) is 2.84. The molecule has 0 aliphatic rings. The van der Waals surface area contributed by atoms with E-state index in [0.29, 0.717) is 24.4 Å². The molecule has 0 fully saturated rings. The molecule has 7 nitrogen and oxygen atoms in total. The van der Waals surface area contributed by atoms with Gasteiger partial charge in [0.15, 0.2) is 0 Å². The van der Waals surface area contributed by atoms with Gasteiger partial charge in [0.05, 0.1) is 26.2 Å². The number of rotatable bonds is 9. The van der Waals surface area contributed by atoms with Crippen molar-refractivity contribution in [3.05, 3.63) is 54.1 Å². The van der Waals surface area contributed by atoms with Crippen LogP contribution in [0, 0.1) is 0 Å². The number of nitrogens with zero attached hydrogens (tertiary/aromatic N) is 1. The van der Waals surface area contributed by atoms with Crippen molar-refractivity contribution < 1.29 is 22.7 Å². The number of anilines is 1. The van der Waals surface area contributed by atoms with E-state index >= 15 is 0 Å². The van der Waals surface area contributed by atoms with Crippen LogP contribution in [-0.4, -0.2) is 40.8 Å². The normalized spacial score (nSPS) is 12.1. The van der Waals surface area contributed by atoms with Gasteiger partial charge in [-0.25, -0.2) is 8.42 Å². The fourth-order valence-corrected chi connectivity index (χ4v) is 4.05. The van der Waals surface area contributed by atoms with Crippen LogP contribution >= 0.6 is 0 Å². The van der Waals surface area contributed by atoms with Gasteiger partial charge in [-0.2, -0.15) is 0 Å². The van der Waals surface area contributed by atoms with E-state index in [-0.39, 0.29) is 5.91 Å². The van der Waals surface area contributed by atoms with Crippen molar-refractivity contribution in [2.24, 2.45) is 0 Å². The van der Waals surface area contributed by atoms with Crippen molar-refractivity contribution in [1.29, 1.82) is 0 Å². The number of benzene rings is 2. The molecule has 2 aromatic carbocycles. The minimum Gasteiger partial charge on any atom is -0.497 e. The van der Waals surface area contributed by atoms with E-state index in [4.69, 9.17) is 9.47 Å². The van der Waals surface area contributed by atoms with E-state index in [1.54, 1.807) is 50.4 Å². The maximum absolute atomic E-state index is 12.8. The SMILES string of the molecule is CC[C@H](C(=O)NCc1ccc(OC)cc1)N(c1ccc(OC)cc1)S(C)(=O)=O. The Labute approximate surface area is 166 Å². The van der Waals surface area contributed by atoms with Crippen molar-refractivity contribution in [2.45, 2.75) is 25.9 Å². The van der Waals surface area contributed by atoms with Crippen LogP contribution in [0.25, 0.3) is 0 Å². The van der Waals surface area contributed by atoms with Gasteiger partial charge in [-0.3, -0.25) is 9.10 Å². The molecule has 8 heteroatoms. The Morgan fingerprint density at radius 2 is 1.50 bits per heavy atom. The number of amides is 1. The highest BCUT2D eigenvalue weighted by molar-refractivity contribution is 7.92. The largest absolute Gasteiger partial charge is 0.497 e. The minimum absolute atomic E-state index is 0.291. The minimum atomic E-state index is -3.67. The summed E-state index contributed by atoms with van der Waals surface area (Å²) in [7, 11) is -0.553. The second kappa shape index (κ2) is 9.45. The van der Waals surface area contributed by atoms with Crippen molar-refractivity contribution in [2.75, 3.05) is 24.8 Å². The molecule has 1 amide bonds. The fraction of sp³-hybridized carbons (Fsp3) is 0.350. The molecule has 0 unspecified atom stereocenters. The van der Waals surface area contributed by atoms with Gasteiger partial charge in [0.25, 0.3) is 0 Å². The van der Waals surface area contributed by atoms with Crippen LogP contribution in [0.2, 0.25) is 0 Å². The third kappa shape index (κ3) is 5.39. The third-order valence-electron chi connectivity index (χ3n) is 4.28. The molecule has 0 spiro atoms. The molecular weight excluding hydrogens is 380 g/mol. The first kappa shape index (κ1) is 21.6. The van der Waals surface area contributed by atoms with E-state index in [1.807, 2.05) is 12.1 Å². The first-order chi connectivity index (χ1) is 13.3. The second-order valence-electron chi connectivity index (χ2n) is 6.25. The molecule has 0 bridgehead atoms. The molecule has 0 aliphatic heterocycles. The number of nitrogens with one attached hydrogen (secondary N) is 1. The lowest BCUT2D eigenvalue weighted by molar-refractivity contribution is -0.122. The molecule has 152 valence electrons. The Morgan fingerprint density at radius 3 is 1.93 bits per heavy atom. The summed E-state index contributed by atoms with van der Waals surface area (Å²) < 4.78 is 36.3. The molecule has 0 aromatic heterocycles. The number of methoxy groups -OCH3 is 2. The smallest absolute Gasteiger partial charge is 0.244 e. The number of carbonyl (C=O) groups excluding carboxylic acids is 1. The van der Waals surface area contributed by atoms with Crippen LogP contribution in [0.4, 0.5) is 5.69 Å². The van der Waals surface area contributed by atoms with Gasteiger partial charge in [0.1, 0.15) is 17.5 Å². The predicted octanol–water partition coefficient (Wildman–Crippen LogP) is 2.56. The zero-order valence-corrected chi connectivity index (χ0v) is 17.3. The molecule has 0 heterocycles. The lowest BCUT2D eigenvalue weighted by Crippen LogP contribution is -2.49. The van der Waals surface area contributed by atoms with Gasteiger partial charge in [-0.15, -0.1) is 0 Å². The number of sulfonamides is 1. The summed E-state index contributed by atoms with van der Waals surface area (Å²) in [6.07, 6.45) is 1.42. The molecule has 1 N–H and O–H groups in total. The van der Waals surface area contributed by atoms with Gasteiger partial charge in [-0.1, -0.05) is 19.1 Å². The summed E-state index contributed by atoms with van der Waals surface area (Å²) in [5, 5.41) is 2.82. The zero-order chi connectivity index (χ0) is 20.7. The summed E-state index contributed by atoms with van der Waals surface area (Å²) in [4.78, 5) is 12.8. The average molecular weight is 407 g/mol. The number of carbonyl (C=O) groups is 1. The van der Waals surface area contributed by atoms with Crippen LogP contribution in [0.5, 0.6) is 11.5 Å². The molecule has 2 aromatic rings. The summed E-state index contributed by atoms with van der Waals surface area (Å²) in [6, 6.07) is 13.0. The maximum atomic E-state index is 12.8. The molecular formula is C20H26N2O5S. The Bertz CT molecular complexity index is 880.